The SMILES string of the molecule is CN1CCC(CNC(=O)c2cc(N)n[nH]2)C1. The van der Waals surface area contributed by atoms with Crippen molar-refractivity contribution in [3.05, 3.63) is 11.8 Å². The number of anilines is 1. The molecule has 0 radical (unpaired) electrons. The maximum Gasteiger partial charge on any atom is 0.269 e. The quantitative estimate of drug-likeness (QED) is 0.655. The number of nitrogens with one attached hydrogen (secondary N) is 2. The average molecular weight is 223 g/mol. The van der Waals surface area contributed by atoms with E-state index in [9.17, 15) is 4.79 Å². The summed E-state index contributed by atoms with van der Waals surface area (Å²) in [4.78, 5) is 13.9. The highest BCUT2D eigenvalue weighted by atomic mass is 16.1. The van der Waals surface area contributed by atoms with Crippen LogP contribution >= 0.6 is 0 Å². The Kier molecular flexibility index (Phi) is 3.09. The molecule has 2 rings (SSSR count). The third-order valence-corrected chi connectivity index (χ3v) is 2.88. The van der Waals surface area contributed by atoms with Crippen molar-refractivity contribution in [2.45, 2.75) is 6.42 Å². The van der Waals surface area contributed by atoms with E-state index in [2.05, 4.69) is 27.5 Å². The van der Waals surface area contributed by atoms with Gasteiger partial charge in [-0.3, -0.25) is 9.89 Å². The van der Waals surface area contributed by atoms with Crippen LogP contribution in [0.15, 0.2) is 6.07 Å². The number of aromatic nitrogens is 2. The Balaban J connectivity index is 1.80. The van der Waals surface area contributed by atoms with Crippen LogP contribution in [0.5, 0.6) is 0 Å². The molecule has 0 spiro atoms. The molecule has 1 unspecified atom stereocenters. The molecule has 2 heterocycles. The van der Waals surface area contributed by atoms with Gasteiger partial charge in [0.05, 0.1) is 0 Å². The van der Waals surface area contributed by atoms with Gasteiger partial charge in [0.25, 0.3) is 5.91 Å². The molecule has 0 aromatic carbocycles. The van der Waals surface area contributed by atoms with Crippen molar-refractivity contribution < 1.29 is 4.79 Å². The number of hydrogen-bond donors (Lipinski definition) is 3. The van der Waals surface area contributed by atoms with Gasteiger partial charge in [0.2, 0.25) is 0 Å². The lowest BCUT2D eigenvalue weighted by atomic mass is 10.1. The van der Waals surface area contributed by atoms with Gasteiger partial charge in [-0.1, -0.05) is 0 Å². The van der Waals surface area contributed by atoms with Crippen molar-refractivity contribution in [3.63, 3.8) is 0 Å². The van der Waals surface area contributed by atoms with E-state index in [1.54, 1.807) is 0 Å². The van der Waals surface area contributed by atoms with E-state index in [4.69, 9.17) is 5.73 Å². The first kappa shape index (κ1) is 10.9. The maximum atomic E-state index is 11.6. The summed E-state index contributed by atoms with van der Waals surface area (Å²) < 4.78 is 0. The fourth-order valence-corrected chi connectivity index (χ4v) is 1.98. The summed E-state index contributed by atoms with van der Waals surface area (Å²) >= 11 is 0. The van der Waals surface area contributed by atoms with Gasteiger partial charge in [0.15, 0.2) is 0 Å². The molecule has 0 saturated carbocycles. The lowest BCUT2D eigenvalue weighted by molar-refractivity contribution is 0.0942. The number of aromatic amines is 1. The molecule has 6 heteroatoms. The molecule has 1 saturated heterocycles. The number of H-pyrrole nitrogens is 1. The molecule has 88 valence electrons. The van der Waals surface area contributed by atoms with Gasteiger partial charge in [-0.05, 0) is 25.9 Å². The molecule has 6 nitrogen and oxygen atoms in total. The van der Waals surface area contributed by atoms with Crippen LogP contribution in [0.2, 0.25) is 0 Å². The summed E-state index contributed by atoms with van der Waals surface area (Å²) in [6.45, 7) is 2.87. The molecule has 1 aromatic heterocycles. The first-order valence-corrected chi connectivity index (χ1v) is 5.43. The van der Waals surface area contributed by atoms with Crippen LogP contribution in [0.3, 0.4) is 0 Å². The van der Waals surface area contributed by atoms with Gasteiger partial charge in [0, 0.05) is 19.2 Å². The standard InChI is InChI=1S/C10H17N5O/c1-15-3-2-7(6-15)5-12-10(16)8-4-9(11)14-13-8/h4,7H,2-3,5-6H2,1H3,(H,12,16)(H3,11,13,14). The number of carbonyl (C=O) groups excluding carboxylic acids is 1. The largest absolute Gasteiger partial charge is 0.382 e. The number of nitrogens with two attached hydrogens (primary N) is 1. The van der Waals surface area contributed by atoms with Gasteiger partial charge >= 0.3 is 0 Å². The Morgan fingerprint density at radius 2 is 2.62 bits per heavy atom. The number of amides is 1. The molecule has 0 bridgehead atoms. The van der Waals surface area contributed by atoms with Crippen molar-refractivity contribution in [1.82, 2.24) is 20.4 Å². The second kappa shape index (κ2) is 4.52. The minimum atomic E-state index is -0.140. The molecule has 0 aliphatic carbocycles. The molecule has 1 amide bonds. The van der Waals surface area contributed by atoms with E-state index in [0.29, 0.717) is 24.0 Å². The fourth-order valence-electron chi connectivity index (χ4n) is 1.98. The highest BCUT2D eigenvalue weighted by molar-refractivity contribution is 5.92. The number of carbonyl (C=O) groups is 1. The normalized spacial score (nSPS) is 21.2. The van der Waals surface area contributed by atoms with E-state index in [0.717, 1.165) is 19.5 Å². The summed E-state index contributed by atoms with van der Waals surface area (Å²) in [5.41, 5.74) is 5.84. The molecule has 1 aliphatic rings. The van der Waals surface area contributed by atoms with E-state index >= 15 is 0 Å². The molecular weight excluding hydrogens is 206 g/mol. The fraction of sp³-hybridized carbons (Fsp3) is 0.600. The smallest absolute Gasteiger partial charge is 0.269 e. The van der Waals surface area contributed by atoms with Gasteiger partial charge in [-0.2, -0.15) is 5.10 Å². The number of nitrogen functional groups attached to an aromatic ring is 1. The molecule has 1 atom stereocenters. The molecular formula is C10H17N5O. The number of nitrogens with zero attached hydrogens (tertiary/aromatic N) is 2. The van der Waals surface area contributed by atoms with Gasteiger partial charge < -0.3 is 16.0 Å². The zero-order valence-electron chi connectivity index (χ0n) is 9.36. The number of rotatable bonds is 3. The third kappa shape index (κ3) is 2.52. The summed E-state index contributed by atoms with van der Waals surface area (Å²) in [5.74, 6) is 0.749. The van der Waals surface area contributed by atoms with Gasteiger partial charge in [-0.15, -0.1) is 0 Å². The van der Waals surface area contributed by atoms with Gasteiger partial charge in [-0.25, -0.2) is 0 Å². The van der Waals surface area contributed by atoms with Crippen LogP contribution in [0.25, 0.3) is 0 Å². The predicted octanol–water partition coefficient (Wildman–Crippen LogP) is -0.327. The Labute approximate surface area is 94.2 Å². The van der Waals surface area contributed by atoms with Crippen LogP contribution in [0.1, 0.15) is 16.9 Å². The highest BCUT2D eigenvalue weighted by Gasteiger charge is 2.20. The van der Waals surface area contributed by atoms with Crippen LogP contribution < -0.4 is 11.1 Å². The first-order chi connectivity index (χ1) is 7.65. The second-order valence-electron chi connectivity index (χ2n) is 4.33. The van der Waals surface area contributed by atoms with Crippen LogP contribution in [0.4, 0.5) is 5.82 Å². The van der Waals surface area contributed by atoms with Crippen LogP contribution in [-0.2, 0) is 0 Å². The van der Waals surface area contributed by atoms with Crippen molar-refractivity contribution >= 4 is 11.7 Å². The van der Waals surface area contributed by atoms with Gasteiger partial charge in [0.1, 0.15) is 11.5 Å². The maximum absolute atomic E-state index is 11.6. The monoisotopic (exact) mass is 223 g/mol. The third-order valence-electron chi connectivity index (χ3n) is 2.88. The molecule has 1 fully saturated rings. The average Bonchev–Trinajstić information content (AvgIpc) is 2.84. The second-order valence-corrected chi connectivity index (χ2v) is 4.33. The van der Waals surface area contributed by atoms with E-state index in [1.807, 2.05) is 0 Å². The Morgan fingerprint density at radius 3 is 3.19 bits per heavy atom. The first-order valence-electron chi connectivity index (χ1n) is 5.43. The zero-order valence-corrected chi connectivity index (χ0v) is 9.36. The molecule has 1 aliphatic heterocycles. The zero-order chi connectivity index (χ0) is 11.5. The Morgan fingerprint density at radius 1 is 1.81 bits per heavy atom. The van der Waals surface area contributed by atoms with Crippen molar-refractivity contribution in [3.8, 4) is 0 Å². The number of likely N-dealkylation sites (tertiary alicyclic amines) is 1. The van der Waals surface area contributed by atoms with Crippen molar-refractivity contribution in [2.24, 2.45) is 5.92 Å². The topological polar surface area (TPSA) is 87.0 Å². The lowest BCUT2D eigenvalue weighted by Gasteiger charge is -2.10. The Hall–Kier alpha value is -1.56. The summed E-state index contributed by atoms with van der Waals surface area (Å²) in [6.07, 6.45) is 1.14. The molecule has 4 N–H and O–H groups in total. The highest BCUT2D eigenvalue weighted by Crippen LogP contribution is 2.13. The molecule has 1 aromatic rings. The summed E-state index contributed by atoms with van der Waals surface area (Å²) in [5, 5.41) is 9.19. The molecule has 16 heavy (non-hydrogen) atoms. The van der Waals surface area contributed by atoms with Crippen molar-refractivity contribution in [2.75, 3.05) is 32.4 Å². The number of hydrogen-bond acceptors (Lipinski definition) is 4. The summed E-state index contributed by atoms with van der Waals surface area (Å²) in [6, 6.07) is 1.54. The van der Waals surface area contributed by atoms with Crippen LogP contribution in [0, 0.1) is 5.92 Å². The van der Waals surface area contributed by atoms with E-state index < -0.39 is 0 Å². The minimum absolute atomic E-state index is 0.140. The summed E-state index contributed by atoms with van der Waals surface area (Å²) in [7, 11) is 2.09. The Bertz CT molecular complexity index is 375. The van der Waals surface area contributed by atoms with Crippen molar-refractivity contribution in [1.29, 1.82) is 0 Å². The van der Waals surface area contributed by atoms with Crippen LogP contribution in [-0.4, -0.2) is 47.7 Å². The predicted molar refractivity (Wildman–Crippen MR) is 60.9 cm³/mol. The minimum Gasteiger partial charge on any atom is -0.382 e. The van der Waals surface area contributed by atoms with E-state index in [1.165, 1.54) is 6.07 Å². The van der Waals surface area contributed by atoms with E-state index in [-0.39, 0.29) is 5.91 Å². The lowest BCUT2D eigenvalue weighted by Crippen LogP contribution is -2.30.